The van der Waals surface area contributed by atoms with E-state index in [9.17, 15) is 9.59 Å². The van der Waals surface area contributed by atoms with Crippen LogP contribution in [0.2, 0.25) is 0 Å². The van der Waals surface area contributed by atoms with Gasteiger partial charge in [-0.2, -0.15) is 0 Å². The first-order valence-corrected chi connectivity index (χ1v) is 17.5. The molecule has 2 aliphatic rings. The number of allylic oxidation sites excluding steroid dienone is 2. The molecule has 2 saturated heterocycles. The predicted molar refractivity (Wildman–Crippen MR) is 195 cm³/mol. The van der Waals surface area contributed by atoms with Gasteiger partial charge in [0.25, 0.3) is 0 Å². The number of Topliss-reactive ketones (excluding diaryl/α,β-unsaturated/α-hetero) is 2. The molecule has 47 heavy (non-hydrogen) atoms. The van der Waals surface area contributed by atoms with E-state index in [2.05, 4.69) is 36.0 Å². The molecule has 0 radical (unpaired) electrons. The molecule has 0 bridgehead atoms. The van der Waals surface area contributed by atoms with Gasteiger partial charge in [-0.15, -0.1) is 0 Å². The zero-order chi connectivity index (χ0) is 34.3. The van der Waals surface area contributed by atoms with Crippen molar-refractivity contribution in [1.29, 1.82) is 0 Å². The summed E-state index contributed by atoms with van der Waals surface area (Å²) in [5, 5.41) is 5.33. The van der Waals surface area contributed by atoms with Gasteiger partial charge >= 0.3 is 0 Å². The number of piperidine rings is 1. The molecule has 0 spiro atoms. The van der Waals surface area contributed by atoms with Crippen LogP contribution in [0.1, 0.15) is 94.1 Å². The number of ketones is 2. The van der Waals surface area contributed by atoms with Gasteiger partial charge in [0.05, 0.1) is 5.57 Å². The number of carbonyl (C=O) groups is 2. The number of anilines is 1. The van der Waals surface area contributed by atoms with Crippen molar-refractivity contribution in [3.05, 3.63) is 76.6 Å². The van der Waals surface area contributed by atoms with E-state index >= 15 is 4.39 Å². The second kappa shape index (κ2) is 19.3. The fourth-order valence-corrected chi connectivity index (χ4v) is 5.84. The van der Waals surface area contributed by atoms with Gasteiger partial charge in [0, 0.05) is 24.2 Å². The molecule has 3 aromatic rings. The molecule has 0 atom stereocenters. The van der Waals surface area contributed by atoms with Gasteiger partial charge in [0.1, 0.15) is 11.4 Å². The van der Waals surface area contributed by atoms with Crippen molar-refractivity contribution in [2.45, 2.75) is 86.5 Å². The van der Waals surface area contributed by atoms with Crippen LogP contribution >= 0.6 is 0 Å². The Morgan fingerprint density at radius 2 is 1.51 bits per heavy atom. The van der Waals surface area contributed by atoms with Gasteiger partial charge in [-0.3, -0.25) is 9.59 Å². The van der Waals surface area contributed by atoms with Crippen LogP contribution in [0.4, 0.5) is 10.1 Å². The highest BCUT2D eigenvalue weighted by molar-refractivity contribution is 6.26. The Morgan fingerprint density at radius 3 is 2.04 bits per heavy atom. The van der Waals surface area contributed by atoms with Crippen LogP contribution in [0.15, 0.2) is 54.1 Å². The third-order valence-corrected chi connectivity index (χ3v) is 8.90. The number of hydrogen-bond donors (Lipinski definition) is 1. The number of nitrogens with one attached hydrogen (secondary N) is 1. The molecule has 0 amide bonds. The maximum atomic E-state index is 15.6. The van der Waals surface area contributed by atoms with Crippen molar-refractivity contribution >= 4 is 28.0 Å². The van der Waals surface area contributed by atoms with Gasteiger partial charge in [0.15, 0.2) is 23.1 Å². The van der Waals surface area contributed by atoms with Crippen LogP contribution < -0.4 is 10.1 Å². The third kappa shape index (κ3) is 11.0. The number of aryl methyl sites for hydroxylation is 1. The highest BCUT2D eigenvalue weighted by Gasteiger charge is 2.25. The molecule has 3 aromatic carbocycles. The SMILES string of the molecule is C/C=C(/C(C)=O)C(=O)c1cc(F)c(NCCN2CCCCC2)c(Oc2cc3ccccc3cc2C)c1C.CCCC.CN1CCCC1. The average molecular weight is 646 g/mol. The van der Waals surface area contributed by atoms with Gasteiger partial charge in [-0.05, 0) is 121 Å². The van der Waals surface area contributed by atoms with E-state index in [0.717, 1.165) is 36.0 Å². The quantitative estimate of drug-likeness (QED) is 0.103. The van der Waals surface area contributed by atoms with Crippen molar-refractivity contribution in [1.82, 2.24) is 9.80 Å². The van der Waals surface area contributed by atoms with Crippen LogP contribution in [0.25, 0.3) is 10.8 Å². The molecule has 5 rings (SSSR count). The van der Waals surface area contributed by atoms with E-state index in [-0.39, 0.29) is 28.4 Å². The Hall–Kier alpha value is -3.55. The summed E-state index contributed by atoms with van der Waals surface area (Å²) in [5.74, 6) is -0.600. The summed E-state index contributed by atoms with van der Waals surface area (Å²) in [7, 11) is 2.17. The number of unbranched alkanes of at least 4 members (excludes halogenated alkanes) is 1. The molecule has 0 aromatic heterocycles. The number of nitrogens with zero attached hydrogens (tertiary/aromatic N) is 2. The molecule has 0 saturated carbocycles. The van der Waals surface area contributed by atoms with Crippen LogP contribution in [-0.4, -0.2) is 67.7 Å². The lowest BCUT2D eigenvalue weighted by Crippen LogP contribution is -2.33. The molecule has 0 unspecified atom stereocenters. The zero-order valence-corrected chi connectivity index (χ0v) is 29.8. The van der Waals surface area contributed by atoms with Crippen molar-refractivity contribution < 1.29 is 18.7 Å². The maximum Gasteiger partial charge on any atom is 0.196 e. The van der Waals surface area contributed by atoms with Gasteiger partial charge in [-0.25, -0.2) is 4.39 Å². The minimum atomic E-state index is -0.583. The highest BCUT2D eigenvalue weighted by Crippen LogP contribution is 2.40. The first-order chi connectivity index (χ1) is 22.6. The molecule has 1 N–H and O–H groups in total. The molecule has 6 nitrogen and oxygen atoms in total. The van der Waals surface area contributed by atoms with E-state index in [1.54, 1.807) is 13.8 Å². The molecule has 2 fully saturated rings. The van der Waals surface area contributed by atoms with Gasteiger partial charge in [-0.1, -0.05) is 63.5 Å². The number of hydrogen-bond acceptors (Lipinski definition) is 6. The molecule has 2 heterocycles. The number of halogens is 1. The second-order valence-electron chi connectivity index (χ2n) is 12.7. The summed E-state index contributed by atoms with van der Waals surface area (Å²) < 4.78 is 22.0. The summed E-state index contributed by atoms with van der Waals surface area (Å²) in [4.78, 5) is 30.0. The van der Waals surface area contributed by atoms with E-state index in [1.807, 2.05) is 43.3 Å². The Balaban J connectivity index is 0.000000516. The van der Waals surface area contributed by atoms with Gasteiger partial charge in [0.2, 0.25) is 0 Å². The average Bonchev–Trinajstić information content (AvgIpc) is 3.55. The van der Waals surface area contributed by atoms with Crippen molar-refractivity contribution in [2.24, 2.45) is 0 Å². The Morgan fingerprint density at radius 1 is 0.915 bits per heavy atom. The molecular formula is C40H56FN3O3. The van der Waals surface area contributed by atoms with Crippen LogP contribution in [0.5, 0.6) is 11.5 Å². The highest BCUT2D eigenvalue weighted by atomic mass is 19.1. The lowest BCUT2D eigenvalue weighted by atomic mass is 9.95. The lowest BCUT2D eigenvalue weighted by Gasteiger charge is -2.27. The maximum absolute atomic E-state index is 15.6. The normalized spacial score (nSPS) is 15.4. The first kappa shape index (κ1) is 37.9. The Bertz CT molecular complexity index is 1500. The number of ether oxygens (including phenoxy) is 1. The first-order valence-electron chi connectivity index (χ1n) is 17.5. The topological polar surface area (TPSA) is 61.9 Å². The van der Waals surface area contributed by atoms with E-state index in [1.165, 1.54) is 77.1 Å². The second-order valence-corrected chi connectivity index (χ2v) is 12.7. The minimum Gasteiger partial charge on any atom is -0.454 e. The number of benzene rings is 3. The largest absolute Gasteiger partial charge is 0.454 e. The standard InChI is InChI=1S/C31H35FN2O3.C5H11N.C4H10/c1-5-25(22(4)35)30(36)26-19-27(32)29(33-13-16-34-14-9-6-10-15-34)31(21(26)3)37-28-18-24-12-8-7-11-23(24)17-20(28)2;1-6-4-2-3-5-6;1-3-4-2/h5,7-8,11-12,17-19,33H,6,9-10,13-16H2,1-4H3;2-5H2,1H3;3-4H2,1-2H3/b25-5-;;. The summed E-state index contributed by atoms with van der Waals surface area (Å²) in [6.07, 6.45) is 10.6. The van der Waals surface area contributed by atoms with Crippen molar-refractivity contribution in [3.8, 4) is 11.5 Å². The van der Waals surface area contributed by atoms with Crippen LogP contribution in [-0.2, 0) is 4.79 Å². The van der Waals surface area contributed by atoms with E-state index in [4.69, 9.17) is 4.74 Å². The summed E-state index contributed by atoms with van der Waals surface area (Å²) >= 11 is 0. The smallest absolute Gasteiger partial charge is 0.196 e. The van der Waals surface area contributed by atoms with E-state index < -0.39 is 11.6 Å². The lowest BCUT2D eigenvalue weighted by molar-refractivity contribution is -0.113. The summed E-state index contributed by atoms with van der Waals surface area (Å²) in [5.41, 5.74) is 1.76. The number of carbonyl (C=O) groups excluding carboxylic acids is 2. The molecule has 0 aliphatic carbocycles. The predicted octanol–water partition coefficient (Wildman–Crippen LogP) is 9.52. The van der Waals surface area contributed by atoms with Gasteiger partial charge < -0.3 is 19.9 Å². The molecule has 256 valence electrons. The Labute approximate surface area is 282 Å². The molecular weight excluding hydrogens is 589 g/mol. The third-order valence-electron chi connectivity index (χ3n) is 8.90. The number of fused-ring (bicyclic) bond motifs is 1. The fourth-order valence-electron chi connectivity index (χ4n) is 5.84. The molecule has 7 heteroatoms. The number of likely N-dealkylation sites (tertiary alicyclic amines) is 2. The van der Waals surface area contributed by atoms with Crippen molar-refractivity contribution in [2.75, 3.05) is 51.6 Å². The molecule has 2 aliphatic heterocycles. The minimum absolute atomic E-state index is 0.0288. The zero-order valence-electron chi connectivity index (χ0n) is 29.8. The van der Waals surface area contributed by atoms with Crippen LogP contribution in [0, 0.1) is 19.7 Å². The summed E-state index contributed by atoms with van der Waals surface area (Å²) in [6.45, 7) is 17.1. The van der Waals surface area contributed by atoms with E-state index in [0.29, 0.717) is 17.9 Å². The monoisotopic (exact) mass is 645 g/mol. The fraction of sp³-hybridized carbons (Fsp3) is 0.500. The number of rotatable bonds is 10. The van der Waals surface area contributed by atoms with Crippen LogP contribution in [0.3, 0.4) is 0 Å². The van der Waals surface area contributed by atoms with Crippen molar-refractivity contribution in [3.63, 3.8) is 0 Å². The Kier molecular flexibility index (Phi) is 15.6. The summed E-state index contributed by atoms with van der Waals surface area (Å²) in [6, 6.07) is 13.1.